The van der Waals surface area contributed by atoms with Gasteiger partial charge in [-0.3, -0.25) is 4.79 Å². The Morgan fingerprint density at radius 1 is 1.80 bits per heavy atom. The average Bonchev–Trinajstić information content (AvgIpc) is 2.38. The van der Waals surface area contributed by atoms with Crippen LogP contribution in [0.2, 0.25) is 6.82 Å². The lowest BCUT2D eigenvalue weighted by atomic mass is 10.00. The molecule has 4 heteroatoms. The lowest BCUT2D eigenvalue weighted by Crippen LogP contribution is -2.24. The summed E-state index contributed by atoms with van der Waals surface area (Å²) >= 11 is 1.52. The molecule has 1 rings (SSSR count). The Labute approximate surface area is 64.5 Å². The highest BCUT2D eigenvalue weighted by Gasteiger charge is 2.01. The average molecular weight is 152 g/mol. The molecule has 0 atom stereocenters. The second kappa shape index (κ2) is 3.41. The molecule has 0 aliphatic rings. The van der Waals surface area contributed by atoms with Crippen molar-refractivity contribution in [3.8, 4) is 0 Å². The van der Waals surface area contributed by atoms with E-state index in [1.807, 2.05) is 10.8 Å². The van der Waals surface area contributed by atoms with E-state index in [9.17, 15) is 4.79 Å². The zero-order chi connectivity index (χ0) is 7.40. The molecule has 1 aromatic heterocycles. The predicted molar refractivity (Wildman–Crippen MR) is 43.4 cm³/mol. The molecule has 0 bridgehead atoms. The molecule has 0 aliphatic carbocycles. The first-order valence-corrected chi connectivity index (χ1v) is 3.90. The molecule has 2 nitrogen and oxygen atoms in total. The van der Waals surface area contributed by atoms with Gasteiger partial charge in [0.25, 0.3) is 0 Å². The van der Waals surface area contributed by atoms with Crippen LogP contribution in [0.1, 0.15) is 10.4 Å². The van der Waals surface area contributed by atoms with Gasteiger partial charge in [0.1, 0.15) is 0 Å². The summed E-state index contributed by atoms with van der Waals surface area (Å²) in [6, 6.07) is 1.80. The second-order valence-corrected chi connectivity index (χ2v) is 2.55. The summed E-state index contributed by atoms with van der Waals surface area (Å²) in [6.07, 6.45) is 0. The third kappa shape index (κ3) is 1.61. The number of rotatable bonds is 2. The number of nitrogens with one attached hydrogen (secondary N) is 1. The normalized spacial score (nSPS) is 8.90. The molecule has 0 aliphatic heterocycles. The van der Waals surface area contributed by atoms with Crippen molar-refractivity contribution in [2.45, 2.75) is 6.82 Å². The van der Waals surface area contributed by atoms with E-state index in [0.717, 1.165) is 5.56 Å². The zero-order valence-electron chi connectivity index (χ0n) is 5.63. The fourth-order valence-corrected chi connectivity index (χ4v) is 1.24. The summed E-state index contributed by atoms with van der Waals surface area (Å²) in [5, 5.41) is 6.29. The Kier molecular flexibility index (Phi) is 2.51. The smallest absolute Gasteiger partial charge is 0.243 e. The maximum atomic E-state index is 11.0. The van der Waals surface area contributed by atoms with Crippen LogP contribution in [0.25, 0.3) is 0 Å². The highest BCUT2D eigenvalue weighted by Crippen LogP contribution is 2.04. The molecule has 0 saturated carbocycles. The molecule has 0 fully saturated rings. The van der Waals surface area contributed by atoms with Crippen molar-refractivity contribution in [1.29, 1.82) is 0 Å². The van der Waals surface area contributed by atoms with Crippen LogP contribution in [0.15, 0.2) is 16.8 Å². The van der Waals surface area contributed by atoms with Gasteiger partial charge in [-0.05, 0) is 11.4 Å². The van der Waals surface area contributed by atoms with E-state index >= 15 is 0 Å². The Morgan fingerprint density at radius 3 is 3.10 bits per heavy atom. The third-order valence-electron chi connectivity index (χ3n) is 1.06. The van der Waals surface area contributed by atoms with Gasteiger partial charge in [-0.15, -0.1) is 0 Å². The van der Waals surface area contributed by atoms with E-state index in [1.54, 1.807) is 20.3 Å². The van der Waals surface area contributed by atoms with Crippen molar-refractivity contribution in [1.82, 2.24) is 5.23 Å². The van der Waals surface area contributed by atoms with Crippen LogP contribution < -0.4 is 5.23 Å². The number of thiophene rings is 1. The van der Waals surface area contributed by atoms with Gasteiger partial charge in [0.2, 0.25) is 13.3 Å². The van der Waals surface area contributed by atoms with Crippen molar-refractivity contribution in [3.05, 3.63) is 22.4 Å². The fraction of sp³-hybridized carbons (Fsp3) is 0.167. The van der Waals surface area contributed by atoms with Crippen LogP contribution >= 0.6 is 11.3 Å². The van der Waals surface area contributed by atoms with E-state index < -0.39 is 0 Å². The van der Waals surface area contributed by atoms with Gasteiger partial charge in [-0.1, -0.05) is 6.82 Å². The minimum atomic E-state index is -0.0382. The van der Waals surface area contributed by atoms with Crippen LogP contribution in [-0.2, 0) is 0 Å². The summed E-state index contributed by atoms with van der Waals surface area (Å²) < 4.78 is 0. The summed E-state index contributed by atoms with van der Waals surface area (Å²) in [5.41, 5.74) is 0.725. The predicted octanol–water partition coefficient (Wildman–Crippen LogP) is 1.15. The molecular formula is C6H7BNOS. The lowest BCUT2D eigenvalue weighted by Gasteiger charge is -1.95. The SMILES string of the molecule is C[B]NC(=O)c1ccsc1. The fourth-order valence-electron chi connectivity index (χ4n) is 0.608. The van der Waals surface area contributed by atoms with Gasteiger partial charge < -0.3 is 5.23 Å². The van der Waals surface area contributed by atoms with Crippen LogP contribution in [0, 0.1) is 0 Å². The second-order valence-electron chi connectivity index (χ2n) is 1.77. The third-order valence-corrected chi connectivity index (χ3v) is 1.74. The van der Waals surface area contributed by atoms with Gasteiger partial charge in [0, 0.05) is 10.9 Å². The maximum absolute atomic E-state index is 11.0. The molecule has 1 heterocycles. The minimum absolute atomic E-state index is 0.0382. The summed E-state index contributed by atoms with van der Waals surface area (Å²) in [4.78, 5) is 11.0. The first-order valence-electron chi connectivity index (χ1n) is 2.95. The molecule has 0 unspecified atom stereocenters. The quantitative estimate of drug-likeness (QED) is 0.632. The topological polar surface area (TPSA) is 29.1 Å². The van der Waals surface area contributed by atoms with Gasteiger partial charge in [-0.25, -0.2) is 0 Å². The number of carbonyl (C=O) groups excluding carboxylic acids is 1. The van der Waals surface area contributed by atoms with Crippen LogP contribution in [-0.4, -0.2) is 13.3 Å². The van der Waals surface area contributed by atoms with Crippen molar-refractivity contribution in [2.24, 2.45) is 0 Å². The number of hydrogen-bond donors (Lipinski definition) is 1. The summed E-state index contributed by atoms with van der Waals surface area (Å²) in [7, 11) is 1.62. The first-order chi connectivity index (χ1) is 4.84. The van der Waals surface area contributed by atoms with E-state index in [1.165, 1.54) is 11.3 Å². The highest BCUT2D eigenvalue weighted by atomic mass is 32.1. The van der Waals surface area contributed by atoms with Gasteiger partial charge in [0.15, 0.2) is 0 Å². The van der Waals surface area contributed by atoms with E-state index in [0.29, 0.717) is 0 Å². The standard InChI is InChI=1S/C6H7BNOS/c1-7-8-6(9)5-2-3-10-4-5/h2-4H,1H3,(H,8,9). The van der Waals surface area contributed by atoms with Gasteiger partial charge in [0.05, 0.1) is 0 Å². The Bertz CT molecular complexity index is 210. The maximum Gasteiger partial charge on any atom is 0.243 e. The van der Waals surface area contributed by atoms with E-state index in [2.05, 4.69) is 5.23 Å². The first kappa shape index (κ1) is 7.34. The van der Waals surface area contributed by atoms with Gasteiger partial charge >= 0.3 is 0 Å². The monoisotopic (exact) mass is 152 g/mol. The van der Waals surface area contributed by atoms with Crippen LogP contribution in [0.5, 0.6) is 0 Å². The molecule has 1 amide bonds. The largest absolute Gasteiger partial charge is 0.400 e. The molecule has 1 radical (unpaired) electrons. The van der Waals surface area contributed by atoms with E-state index in [4.69, 9.17) is 0 Å². The molecule has 51 valence electrons. The summed E-state index contributed by atoms with van der Waals surface area (Å²) in [6.45, 7) is 1.78. The van der Waals surface area contributed by atoms with Crippen LogP contribution in [0.4, 0.5) is 0 Å². The molecule has 1 aromatic rings. The minimum Gasteiger partial charge on any atom is -0.400 e. The number of carbonyl (C=O) groups is 1. The highest BCUT2D eigenvalue weighted by molar-refractivity contribution is 7.08. The molecule has 0 aromatic carbocycles. The molecule has 1 N–H and O–H groups in total. The van der Waals surface area contributed by atoms with Crippen molar-refractivity contribution < 1.29 is 4.79 Å². The molecule has 10 heavy (non-hydrogen) atoms. The summed E-state index contributed by atoms with van der Waals surface area (Å²) in [5.74, 6) is -0.0382. The van der Waals surface area contributed by atoms with Gasteiger partial charge in [-0.2, -0.15) is 11.3 Å². The molecule has 0 saturated heterocycles. The lowest BCUT2D eigenvalue weighted by molar-refractivity contribution is 0.0981. The van der Waals surface area contributed by atoms with Crippen LogP contribution in [0.3, 0.4) is 0 Å². The van der Waals surface area contributed by atoms with Crippen molar-refractivity contribution in [2.75, 3.05) is 0 Å². The molecular weight excluding hydrogens is 145 g/mol. The Balaban J connectivity index is 2.59. The Hall–Kier alpha value is -0.765. The number of amides is 1. The van der Waals surface area contributed by atoms with E-state index in [-0.39, 0.29) is 5.91 Å². The number of hydrogen-bond acceptors (Lipinski definition) is 2. The molecule has 0 spiro atoms. The zero-order valence-corrected chi connectivity index (χ0v) is 6.44. The van der Waals surface area contributed by atoms with Crippen molar-refractivity contribution in [3.63, 3.8) is 0 Å². The Morgan fingerprint density at radius 2 is 2.60 bits per heavy atom. The van der Waals surface area contributed by atoms with Crippen molar-refractivity contribution >= 4 is 24.7 Å².